The molecule has 6 nitrogen and oxygen atoms in total. The number of ether oxygens (including phenoxy) is 2. The lowest BCUT2D eigenvalue weighted by molar-refractivity contribution is -0.157. The van der Waals surface area contributed by atoms with Crippen LogP contribution >= 0.6 is 11.8 Å². The molecule has 4 rings (SSSR count). The van der Waals surface area contributed by atoms with Crippen LogP contribution in [0.1, 0.15) is 69.7 Å². The van der Waals surface area contributed by atoms with E-state index in [2.05, 4.69) is 0 Å². The molecule has 1 saturated carbocycles. The Morgan fingerprint density at radius 2 is 1.85 bits per heavy atom. The molecule has 2 aliphatic rings. The minimum atomic E-state index is -4.67. The first kappa shape index (κ1) is 29.7. The van der Waals surface area contributed by atoms with E-state index >= 15 is 0 Å². The molecule has 214 valence electrons. The van der Waals surface area contributed by atoms with Gasteiger partial charge in [0.2, 0.25) is 10.0 Å². The summed E-state index contributed by atoms with van der Waals surface area (Å²) in [6, 6.07) is 7.73. The van der Waals surface area contributed by atoms with Crippen molar-refractivity contribution < 1.29 is 35.9 Å². The highest BCUT2D eigenvalue weighted by Crippen LogP contribution is 2.47. The second-order valence-corrected chi connectivity index (χ2v) is 14.5. The molecule has 0 amide bonds. The van der Waals surface area contributed by atoms with Crippen molar-refractivity contribution in [2.45, 2.75) is 86.2 Å². The molecule has 0 radical (unpaired) electrons. The molecule has 0 aliphatic heterocycles. The third-order valence-electron chi connectivity index (χ3n) is 6.84. The van der Waals surface area contributed by atoms with Crippen LogP contribution in [0.3, 0.4) is 0 Å². The number of benzene rings is 2. The number of rotatable bonds is 8. The lowest BCUT2D eigenvalue weighted by atomic mass is 9.87. The molecule has 0 bridgehead atoms. The first-order valence-corrected chi connectivity index (χ1v) is 15.2. The van der Waals surface area contributed by atoms with Crippen LogP contribution in [0.25, 0.3) is 0 Å². The van der Waals surface area contributed by atoms with Gasteiger partial charge in [0, 0.05) is 17.2 Å². The lowest BCUT2D eigenvalue weighted by Gasteiger charge is -2.33. The van der Waals surface area contributed by atoms with Crippen LogP contribution in [0, 0.1) is 5.92 Å². The lowest BCUT2D eigenvalue weighted by Crippen LogP contribution is -2.34. The minimum Gasteiger partial charge on any atom is -0.482 e. The van der Waals surface area contributed by atoms with E-state index in [1.54, 1.807) is 39.0 Å². The van der Waals surface area contributed by atoms with Crippen molar-refractivity contribution in [1.82, 2.24) is 4.31 Å². The molecule has 3 atom stereocenters. The Morgan fingerprint density at radius 1 is 1.15 bits per heavy atom. The Kier molecular flexibility index (Phi) is 8.36. The largest absolute Gasteiger partial charge is 0.482 e. The summed E-state index contributed by atoms with van der Waals surface area (Å²) < 4.78 is 80.8. The van der Waals surface area contributed by atoms with Crippen molar-refractivity contribution >= 4 is 27.8 Å². The van der Waals surface area contributed by atoms with Gasteiger partial charge in [-0.05, 0) is 87.8 Å². The number of halogens is 3. The van der Waals surface area contributed by atoms with E-state index in [0.717, 1.165) is 28.4 Å². The van der Waals surface area contributed by atoms with Gasteiger partial charge in [-0.3, -0.25) is 0 Å². The number of esters is 1. The molecule has 11 heteroatoms. The fraction of sp³-hybridized carbons (Fsp3) is 0.536. The number of thioether (sulfide) groups is 1. The zero-order valence-electron chi connectivity index (χ0n) is 22.7. The van der Waals surface area contributed by atoms with Crippen LogP contribution in [0.2, 0.25) is 0 Å². The van der Waals surface area contributed by atoms with Crippen molar-refractivity contribution in [3.05, 3.63) is 53.1 Å². The second-order valence-electron chi connectivity index (χ2n) is 11.2. The highest BCUT2D eigenvalue weighted by molar-refractivity contribution is 8.00. The molecule has 3 unspecified atom stereocenters. The molecule has 2 aromatic carbocycles. The van der Waals surface area contributed by atoms with E-state index in [4.69, 9.17) is 9.47 Å². The van der Waals surface area contributed by atoms with Crippen molar-refractivity contribution in [1.29, 1.82) is 0 Å². The van der Waals surface area contributed by atoms with Crippen LogP contribution in [0.4, 0.5) is 13.2 Å². The number of fused-ring (bicyclic) bond motifs is 1. The van der Waals surface area contributed by atoms with E-state index in [1.807, 2.05) is 6.92 Å². The summed E-state index contributed by atoms with van der Waals surface area (Å²) in [5.74, 6) is 0.328. The summed E-state index contributed by atoms with van der Waals surface area (Å²) in [6.07, 6.45) is -2.02. The zero-order chi connectivity index (χ0) is 28.8. The van der Waals surface area contributed by atoms with Gasteiger partial charge in [0.1, 0.15) is 11.4 Å². The maximum atomic E-state index is 13.7. The Labute approximate surface area is 232 Å². The SMILES string of the molecule is CC1CC1Sc1cc(C(F)(F)F)cc(S(=O)(=O)N(C)C2CCCc3c(OCC(=O)OC(C)(C)C)cccc32)c1. The summed E-state index contributed by atoms with van der Waals surface area (Å²) in [7, 11) is -2.87. The van der Waals surface area contributed by atoms with Crippen LogP contribution in [0.5, 0.6) is 5.75 Å². The van der Waals surface area contributed by atoms with Gasteiger partial charge in [-0.15, -0.1) is 11.8 Å². The highest BCUT2D eigenvalue weighted by atomic mass is 32.2. The summed E-state index contributed by atoms with van der Waals surface area (Å²) in [4.78, 5) is 12.1. The molecular formula is C28H34F3NO5S2. The van der Waals surface area contributed by atoms with E-state index < -0.39 is 39.4 Å². The van der Waals surface area contributed by atoms with Gasteiger partial charge in [0.05, 0.1) is 16.5 Å². The summed E-state index contributed by atoms with van der Waals surface area (Å²) in [6.45, 7) is 7.00. The average Bonchev–Trinajstić information content (AvgIpc) is 3.53. The Balaban J connectivity index is 1.62. The van der Waals surface area contributed by atoms with Gasteiger partial charge in [0.25, 0.3) is 0 Å². The number of alkyl halides is 3. The molecule has 0 heterocycles. The average molecular weight is 586 g/mol. The fourth-order valence-electron chi connectivity index (χ4n) is 4.72. The first-order valence-electron chi connectivity index (χ1n) is 12.9. The first-order chi connectivity index (χ1) is 18.1. The molecule has 2 aliphatic carbocycles. The predicted octanol–water partition coefficient (Wildman–Crippen LogP) is 6.62. The van der Waals surface area contributed by atoms with Crippen molar-refractivity contribution in [3.8, 4) is 5.75 Å². The van der Waals surface area contributed by atoms with Gasteiger partial charge in [-0.2, -0.15) is 17.5 Å². The standard InChI is InChI=1S/C28H34F3NO5S2/c1-17-12-25(17)38-19-13-18(28(29,30)31)14-20(15-19)39(34,35)32(5)23-10-6-9-22-21(23)8-7-11-24(22)36-16-26(33)37-27(2,3)4/h7-8,11,13-15,17,23,25H,6,9-10,12,16H2,1-5H3. The van der Waals surface area contributed by atoms with Crippen LogP contribution in [0.15, 0.2) is 46.2 Å². The number of nitrogens with zero attached hydrogens (tertiary/aromatic N) is 1. The monoisotopic (exact) mass is 585 g/mol. The van der Waals surface area contributed by atoms with Gasteiger partial charge >= 0.3 is 12.1 Å². The number of sulfonamides is 1. The van der Waals surface area contributed by atoms with Gasteiger partial charge < -0.3 is 9.47 Å². The molecule has 0 spiro atoms. The van der Waals surface area contributed by atoms with Gasteiger partial charge in [0.15, 0.2) is 6.61 Å². The molecule has 0 saturated heterocycles. The molecule has 39 heavy (non-hydrogen) atoms. The number of carbonyl (C=O) groups excluding carboxylic acids is 1. The van der Waals surface area contributed by atoms with Gasteiger partial charge in [-0.1, -0.05) is 19.1 Å². The Morgan fingerprint density at radius 3 is 2.46 bits per heavy atom. The van der Waals surface area contributed by atoms with Crippen molar-refractivity contribution in [3.63, 3.8) is 0 Å². The molecule has 0 N–H and O–H groups in total. The van der Waals surface area contributed by atoms with Crippen LogP contribution in [-0.4, -0.2) is 43.2 Å². The Bertz CT molecular complexity index is 1340. The summed E-state index contributed by atoms with van der Waals surface area (Å²) >= 11 is 1.29. The van der Waals surface area contributed by atoms with E-state index in [0.29, 0.717) is 41.4 Å². The molecular weight excluding hydrogens is 551 g/mol. The van der Waals surface area contributed by atoms with E-state index in [9.17, 15) is 26.4 Å². The normalized spacial score (nSPS) is 21.4. The summed E-state index contributed by atoms with van der Waals surface area (Å²) in [5, 5.41) is 0.186. The number of hydrogen-bond donors (Lipinski definition) is 0. The highest BCUT2D eigenvalue weighted by Gasteiger charge is 2.38. The summed E-state index contributed by atoms with van der Waals surface area (Å²) in [5.41, 5.74) is -0.142. The third-order valence-corrected chi connectivity index (χ3v) is 10.2. The topological polar surface area (TPSA) is 72.9 Å². The maximum Gasteiger partial charge on any atom is 0.416 e. The number of carbonyl (C=O) groups is 1. The fourth-order valence-corrected chi connectivity index (χ4v) is 7.61. The predicted molar refractivity (Wildman–Crippen MR) is 143 cm³/mol. The quantitative estimate of drug-likeness (QED) is 0.324. The van der Waals surface area contributed by atoms with Crippen molar-refractivity contribution in [2.24, 2.45) is 5.92 Å². The smallest absolute Gasteiger partial charge is 0.416 e. The van der Waals surface area contributed by atoms with Gasteiger partial charge in [-0.25, -0.2) is 13.2 Å². The second kappa shape index (κ2) is 11.0. The Hall–Kier alpha value is -2.24. The molecule has 0 aromatic heterocycles. The van der Waals surface area contributed by atoms with E-state index in [1.165, 1.54) is 24.9 Å². The van der Waals surface area contributed by atoms with Crippen LogP contribution < -0.4 is 4.74 Å². The third kappa shape index (κ3) is 7.10. The van der Waals surface area contributed by atoms with Crippen molar-refractivity contribution in [2.75, 3.05) is 13.7 Å². The number of hydrogen-bond acceptors (Lipinski definition) is 6. The molecule has 1 fully saturated rings. The van der Waals surface area contributed by atoms with Crippen LogP contribution in [-0.2, 0) is 32.2 Å². The zero-order valence-corrected chi connectivity index (χ0v) is 24.3. The molecule has 2 aromatic rings. The maximum absolute atomic E-state index is 13.7. The minimum absolute atomic E-state index is 0.186. The van der Waals surface area contributed by atoms with E-state index in [-0.39, 0.29) is 16.8 Å².